The fourth-order valence-corrected chi connectivity index (χ4v) is 3.13. The van der Waals surface area contributed by atoms with Crippen molar-refractivity contribution in [2.75, 3.05) is 7.05 Å². The second-order valence-electron chi connectivity index (χ2n) is 6.54. The summed E-state index contributed by atoms with van der Waals surface area (Å²) in [5, 5.41) is 1.97. The first kappa shape index (κ1) is 15.2. The van der Waals surface area contributed by atoms with Crippen LogP contribution in [0, 0.1) is 12.3 Å². The molecule has 0 N–H and O–H groups in total. The van der Waals surface area contributed by atoms with E-state index in [9.17, 15) is 4.79 Å². The van der Waals surface area contributed by atoms with Crippen molar-refractivity contribution in [3.05, 3.63) is 33.2 Å². The van der Waals surface area contributed by atoms with Gasteiger partial charge in [-0.1, -0.05) is 20.8 Å². The summed E-state index contributed by atoms with van der Waals surface area (Å²) < 4.78 is 1.67. The van der Waals surface area contributed by atoms with Crippen LogP contribution >= 0.6 is 11.3 Å². The molecule has 5 heteroatoms. The van der Waals surface area contributed by atoms with Gasteiger partial charge < -0.3 is 0 Å². The number of hydrogen-bond acceptors (Lipinski definition) is 4. The van der Waals surface area contributed by atoms with Crippen molar-refractivity contribution in [2.45, 2.75) is 47.2 Å². The maximum absolute atomic E-state index is 12.1. The lowest BCUT2D eigenvalue weighted by Gasteiger charge is -2.35. The molecule has 0 saturated heterocycles. The normalized spacial score (nSPS) is 14.2. The van der Waals surface area contributed by atoms with E-state index in [1.165, 1.54) is 11.3 Å². The van der Waals surface area contributed by atoms with Crippen LogP contribution in [0.4, 0.5) is 0 Å². The molecule has 0 unspecified atom stereocenters. The molecule has 0 fully saturated rings. The third-order valence-corrected chi connectivity index (χ3v) is 4.90. The molecule has 0 spiro atoms. The van der Waals surface area contributed by atoms with Gasteiger partial charge in [0.1, 0.15) is 0 Å². The summed E-state index contributed by atoms with van der Waals surface area (Å²) in [6, 6.07) is 2.06. The zero-order valence-electron chi connectivity index (χ0n) is 13.1. The van der Waals surface area contributed by atoms with E-state index in [2.05, 4.69) is 44.6 Å². The summed E-state index contributed by atoms with van der Waals surface area (Å²) in [4.78, 5) is 19.8. The molecule has 2 rings (SSSR count). The molecule has 1 atom stereocenters. The van der Waals surface area contributed by atoms with Crippen LogP contribution in [-0.4, -0.2) is 27.4 Å². The van der Waals surface area contributed by atoms with Crippen LogP contribution in [0.15, 0.2) is 16.2 Å². The predicted octanol–water partition coefficient (Wildman–Crippen LogP) is 2.93. The van der Waals surface area contributed by atoms with Crippen molar-refractivity contribution in [3.63, 3.8) is 0 Å². The SMILES string of the molecule is Cc1csc2nc(CN(C)[C@@H](C)C(C)(C)C)cc(=O)n12. The fraction of sp³-hybridized carbons (Fsp3) is 0.600. The van der Waals surface area contributed by atoms with Crippen molar-refractivity contribution in [1.82, 2.24) is 14.3 Å². The maximum atomic E-state index is 12.1. The number of fused-ring (bicyclic) bond motifs is 1. The molecular formula is C15H23N3OS. The van der Waals surface area contributed by atoms with Crippen molar-refractivity contribution >= 4 is 16.3 Å². The van der Waals surface area contributed by atoms with Gasteiger partial charge in [-0.15, -0.1) is 11.3 Å². The Morgan fingerprint density at radius 2 is 2.10 bits per heavy atom. The molecule has 0 aromatic carbocycles. The van der Waals surface area contributed by atoms with Crippen LogP contribution < -0.4 is 5.56 Å². The topological polar surface area (TPSA) is 37.6 Å². The fourth-order valence-electron chi connectivity index (χ4n) is 2.24. The second-order valence-corrected chi connectivity index (χ2v) is 7.37. The van der Waals surface area contributed by atoms with Gasteiger partial charge in [0.05, 0.1) is 5.69 Å². The number of hydrogen-bond donors (Lipinski definition) is 0. The minimum Gasteiger partial charge on any atom is -0.297 e. The number of rotatable bonds is 3. The largest absolute Gasteiger partial charge is 0.297 e. The van der Waals surface area contributed by atoms with E-state index in [1.54, 1.807) is 10.5 Å². The smallest absolute Gasteiger partial charge is 0.259 e. The van der Waals surface area contributed by atoms with Crippen LogP contribution in [0.1, 0.15) is 39.1 Å². The van der Waals surface area contributed by atoms with E-state index in [0.29, 0.717) is 12.6 Å². The molecule has 4 nitrogen and oxygen atoms in total. The van der Waals surface area contributed by atoms with Crippen molar-refractivity contribution < 1.29 is 0 Å². The molecular weight excluding hydrogens is 270 g/mol. The van der Waals surface area contributed by atoms with Crippen LogP contribution in [0.2, 0.25) is 0 Å². The van der Waals surface area contributed by atoms with Gasteiger partial charge in [-0.3, -0.25) is 14.1 Å². The summed E-state index contributed by atoms with van der Waals surface area (Å²) in [6.07, 6.45) is 0. The quantitative estimate of drug-likeness (QED) is 0.873. The molecule has 2 aromatic heterocycles. The number of nitrogens with zero attached hydrogens (tertiary/aromatic N) is 3. The first-order chi connectivity index (χ1) is 9.20. The maximum Gasteiger partial charge on any atom is 0.259 e. The number of thiazole rings is 1. The van der Waals surface area contributed by atoms with E-state index >= 15 is 0 Å². The molecule has 0 saturated carbocycles. The summed E-state index contributed by atoms with van der Waals surface area (Å²) in [5.74, 6) is 0. The lowest BCUT2D eigenvalue weighted by atomic mass is 9.87. The Morgan fingerprint density at radius 1 is 1.45 bits per heavy atom. The Bertz CT molecular complexity index is 666. The first-order valence-electron chi connectivity index (χ1n) is 6.87. The molecule has 0 aliphatic heterocycles. The Morgan fingerprint density at radius 3 is 2.70 bits per heavy atom. The predicted molar refractivity (Wildman–Crippen MR) is 84.5 cm³/mol. The van der Waals surface area contributed by atoms with E-state index in [4.69, 9.17) is 0 Å². The molecule has 0 bridgehead atoms. The van der Waals surface area contributed by atoms with Crippen LogP contribution in [-0.2, 0) is 6.54 Å². The molecule has 110 valence electrons. The van der Waals surface area contributed by atoms with Crippen LogP contribution in [0.3, 0.4) is 0 Å². The Balaban J connectivity index is 2.29. The summed E-state index contributed by atoms with van der Waals surface area (Å²) in [6.45, 7) is 11.5. The van der Waals surface area contributed by atoms with E-state index in [0.717, 1.165) is 16.3 Å². The zero-order valence-corrected chi connectivity index (χ0v) is 13.9. The monoisotopic (exact) mass is 293 g/mol. The highest BCUT2D eigenvalue weighted by molar-refractivity contribution is 7.15. The van der Waals surface area contributed by atoms with Crippen molar-refractivity contribution in [1.29, 1.82) is 0 Å². The average Bonchev–Trinajstić information content (AvgIpc) is 2.69. The third-order valence-electron chi connectivity index (χ3n) is 3.95. The van der Waals surface area contributed by atoms with Gasteiger partial charge in [-0.05, 0) is 26.3 Å². The zero-order chi connectivity index (χ0) is 15.1. The third kappa shape index (κ3) is 2.94. The van der Waals surface area contributed by atoms with Crippen LogP contribution in [0.25, 0.3) is 4.96 Å². The minimum absolute atomic E-state index is 0.0144. The van der Waals surface area contributed by atoms with Gasteiger partial charge >= 0.3 is 0 Å². The Labute approximate surface area is 124 Å². The van der Waals surface area contributed by atoms with Gasteiger partial charge in [0.15, 0.2) is 4.96 Å². The Kier molecular flexibility index (Phi) is 4.02. The molecule has 0 aliphatic rings. The second kappa shape index (κ2) is 5.30. The van der Waals surface area contributed by atoms with Gasteiger partial charge in [0.25, 0.3) is 5.56 Å². The van der Waals surface area contributed by atoms with E-state index < -0.39 is 0 Å². The number of aryl methyl sites for hydroxylation is 1. The van der Waals surface area contributed by atoms with Crippen LogP contribution in [0.5, 0.6) is 0 Å². The summed E-state index contributed by atoms with van der Waals surface area (Å²) in [7, 11) is 2.08. The minimum atomic E-state index is 0.0144. The first-order valence-corrected chi connectivity index (χ1v) is 7.75. The molecule has 2 aromatic rings. The van der Waals surface area contributed by atoms with Gasteiger partial charge in [0.2, 0.25) is 0 Å². The average molecular weight is 293 g/mol. The molecule has 2 heterocycles. The molecule has 0 amide bonds. The summed E-state index contributed by atoms with van der Waals surface area (Å²) in [5.41, 5.74) is 2.01. The van der Waals surface area contributed by atoms with E-state index in [1.807, 2.05) is 12.3 Å². The van der Waals surface area contributed by atoms with Gasteiger partial charge in [-0.25, -0.2) is 4.98 Å². The molecule has 0 aliphatic carbocycles. The number of aromatic nitrogens is 2. The van der Waals surface area contributed by atoms with Gasteiger partial charge in [0, 0.05) is 29.7 Å². The Hall–Kier alpha value is -1.20. The highest BCUT2D eigenvalue weighted by atomic mass is 32.1. The van der Waals surface area contributed by atoms with Crippen molar-refractivity contribution in [3.8, 4) is 0 Å². The van der Waals surface area contributed by atoms with Gasteiger partial charge in [-0.2, -0.15) is 0 Å². The lowest BCUT2D eigenvalue weighted by Crippen LogP contribution is -2.39. The highest BCUT2D eigenvalue weighted by Gasteiger charge is 2.24. The lowest BCUT2D eigenvalue weighted by molar-refractivity contribution is 0.133. The molecule has 0 radical (unpaired) electrons. The standard InChI is InChI=1S/C15H23N3OS/c1-10-9-20-14-16-12(7-13(19)18(10)14)8-17(6)11(2)15(3,4)5/h7,9,11H,8H2,1-6H3/t11-/m0/s1. The van der Waals surface area contributed by atoms with Crippen molar-refractivity contribution in [2.24, 2.45) is 5.41 Å². The van der Waals surface area contributed by atoms with E-state index in [-0.39, 0.29) is 11.0 Å². The summed E-state index contributed by atoms with van der Waals surface area (Å²) >= 11 is 1.52. The molecule has 20 heavy (non-hydrogen) atoms. The highest BCUT2D eigenvalue weighted by Crippen LogP contribution is 2.24.